The fourth-order valence-electron chi connectivity index (χ4n) is 0.813. The third kappa shape index (κ3) is 3.14. The molecule has 0 fully saturated rings. The van der Waals surface area contributed by atoms with Gasteiger partial charge in [0.2, 0.25) is 0 Å². The van der Waals surface area contributed by atoms with Crippen molar-refractivity contribution >= 4 is 33.3 Å². The van der Waals surface area contributed by atoms with Gasteiger partial charge in [0.25, 0.3) is 0 Å². The predicted octanol–water partition coefficient (Wildman–Crippen LogP) is 2.26. The largest absolute Gasteiger partial charge is 0.365 e. The molecule has 3 nitrogen and oxygen atoms in total. The number of anilines is 1. The van der Waals surface area contributed by atoms with Gasteiger partial charge in [0.15, 0.2) is 0 Å². The molecule has 1 rings (SSSR count). The average molecular weight is 265 g/mol. The number of hydrogen-bond acceptors (Lipinski definition) is 3. The molecule has 72 valence electrons. The van der Waals surface area contributed by atoms with Crippen molar-refractivity contribution in [3.63, 3.8) is 0 Å². The maximum absolute atomic E-state index is 5.93. The van der Waals surface area contributed by atoms with Crippen LogP contribution in [-0.4, -0.2) is 17.6 Å². The van der Waals surface area contributed by atoms with Gasteiger partial charge in [-0.3, -0.25) is 0 Å². The van der Waals surface area contributed by atoms with E-state index in [1.165, 1.54) is 0 Å². The third-order valence-corrected chi connectivity index (χ3v) is 2.27. The Morgan fingerprint density at radius 3 is 3.00 bits per heavy atom. The number of hydrogen-bond donors (Lipinski definition) is 2. The van der Waals surface area contributed by atoms with Crippen LogP contribution in [0.25, 0.3) is 0 Å². The lowest BCUT2D eigenvalue weighted by Gasteiger charge is -2.12. The summed E-state index contributed by atoms with van der Waals surface area (Å²) >= 11 is 9.21. The molecule has 0 radical (unpaired) electrons. The SMILES string of the molecule is CC(CN)Nc1ncc(Br)cc1Cl. The summed E-state index contributed by atoms with van der Waals surface area (Å²) in [7, 11) is 0. The highest BCUT2D eigenvalue weighted by atomic mass is 79.9. The topological polar surface area (TPSA) is 50.9 Å². The second kappa shape index (κ2) is 4.79. The minimum Gasteiger partial charge on any atom is -0.365 e. The first-order chi connectivity index (χ1) is 6.13. The average Bonchev–Trinajstić information content (AvgIpc) is 2.09. The molecule has 5 heteroatoms. The zero-order chi connectivity index (χ0) is 9.84. The van der Waals surface area contributed by atoms with Crippen LogP contribution in [0.2, 0.25) is 5.02 Å². The van der Waals surface area contributed by atoms with Gasteiger partial charge in [-0.05, 0) is 28.9 Å². The molecule has 1 aromatic rings. The van der Waals surface area contributed by atoms with Gasteiger partial charge in [0.05, 0.1) is 5.02 Å². The second-order valence-electron chi connectivity index (χ2n) is 2.77. The Labute approximate surface area is 90.8 Å². The number of pyridine rings is 1. The Balaban J connectivity index is 2.77. The van der Waals surface area contributed by atoms with Crippen molar-refractivity contribution in [1.82, 2.24) is 4.98 Å². The van der Waals surface area contributed by atoms with Gasteiger partial charge in [-0.25, -0.2) is 4.98 Å². The normalized spacial score (nSPS) is 12.6. The molecule has 1 unspecified atom stereocenters. The summed E-state index contributed by atoms with van der Waals surface area (Å²) in [6.45, 7) is 2.52. The molecule has 3 N–H and O–H groups in total. The fraction of sp³-hybridized carbons (Fsp3) is 0.375. The molecular formula is C8H11BrClN3. The summed E-state index contributed by atoms with van der Waals surface area (Å²) in [5.74, 6) is 0.669. The van der Waals surface area contributed by atoms with Gasteiger partial charge in [0.1, 0.15) is 5.82 Å². The number of nitrogens with two attached hydrogens (primary N) is 1. The number of halogens is 2. The van der Waals surface area contributed by atoms with E-state index in [-0.39, 0.29) is 6.04 Å². The van der Waals surface area contributed by atoms with Crippen LogP contribution in [0.4, 0.5) is 5.82 Å². The first kappa shape index (κ1) is 10.8. The molecule has 0 saturated carbocycles. The second-order valence-corrected chi connectivity index (χ2v) is 4.09. The standard InChI is InChI=1S/C8H11BrClN3/c1-5(3-11)13-8-7(10)2-6(9)4-12-8/h2,4-5H,3,11H2,1H3,(H,12,13). The van der Waals surface area contributed by atoms with Crippen molar-refractivity contribution in [3.05, 3.63) is 21.8 Å². The van der Waals surface area contributed by atoms with Gasteiger partial charge in [-0.1, -0.05) is 11.6 Å². The molecule has 0 amide bonds. The fourth-order valence-corrected chi connectivity index (χ4v) is 1.50. The first-order valence-corrected chi connectivity index (χ1v) is 5.08. The third-order valence-electron chi connectivity index (χ3n) is 1.54. The highest BCUT2D eigenvalue weighted by molar-refractivity contribution is 9.10. The zero-order valence-corrected chi connectivity index (χ0v) is 9.56. The Morgan fingerprint density at radius 1 is 1.77 bits per heavy atom. The molecule has 1 heterocycles. The van der Waals surface area contributed by atoms with E-state index in [9.17, 15) is 0 Å². The van der Waals surface area contributed by atoms with Crippen LogP contribution in [-0.2, 0) is 0 Å². The van der Waals surface area contributed by atoms with Gasteiger partial charge < -0.3 is 11.1 Å². The molecule has 1 aromatic heterocycles. The summed E-state index contributed by atoms with van der Waals surface area (Å²) in [5, 5.41) is 3.69. The van der Waals surface area contributed by atoms with E-state index in [4.69, 9.17) is 17.3 Å². The summed E-state index contributed by atoms with van der Waals surface area (Å²) in [5.41, 5.74) is 5.46. The van der Waals surface area contributed by atoms with Crippen molar-refractivity contribution in [3.8, 4) is 0 Å². The molecule has 0 spiro atoms. The van der Waals surface area contributed by atoms with Crippen molar-refractivity contribution in [2.75, 3.05) is 11.9 Å². The van der Waals surface area contributed by atoms with E-state index in [0.29, 0.717) is 17.4 Å². The van der Waals surface area contributed by atoms with Crippen LogP contribution < -0.4 is 11.1 Å². The monoisotopic (exact) mass is 263 g/mol. The van der Waals surface area contributed by atoms with Crippen LogP contribution in [0.15, 0.2) is 16.7 Å². The Kier molecular flexibility index (Phi) is 3.96. The van der Waals surface area contributed by atoms with Gasteiger partial charge in [0, 0.05) is 23.3 Å². The van der Waals surface area contributed by atoms with E-state index in [2.05, 4.69) is 26.2 Å². The molecule has 0 bridgehead atoms. The van der Waals surface area contributed by atoms with Crippen molar-refractivity contribution < 1.29 is 0 Å². The van der Waals surface area contributed by atoms with Crippen LogP contribution in [0.3, 0.4) is 0 Å². The van der Waals surface area contributed by atoms with Crippen LogP contribution >= 0.6 is 27.5 Å². The summed E-state index contributed by atoms with van der Waals surface area (Å²) in [6.07, 6.45) is 1.69. The highest BCUT2D eigenvalue weighted by Crippen LogP contribution is 2.23. The van der Waals surface area contributed by atoms with Gasteiger partial charge in [-0.2, -0.15) is 0 Å². The predicted molar refractivity (Wildman–Crippen MR) is 59.1 cm³/mol. The zero-order valence-electron chi connectivity index (χ0n) is 7.22. The number of aromatic nitrogens is 1. The van der Waals surface area contributed by atoms with Crippen molar-refractivity contribution in [2.45, 2.75) is 13.0 Å². The summed E-state index contributed by atoms with van der Waals surface area (Å²) < 4.78 is 0.864. The lowest BCUT2D eigenvalue weighted by atomic mass is 10.3. The number of nitrogens with one attached hydrogen (secondary N) is 1. The molecule has 0 aliphatic heterocycles. The van der Waals surface area contributed by atoms with E-state index in [0.717, 1.165) is 4.47 Å². The van der Waals surface area contributed by atoms with Gasteiger partial charge >= 0.3 is 0 Å². The van der Waals surface area contributed by atoms with Crippen LogP contribution in [0.5, 0.6) is 0 Å². The van der Waals surface area contributed by atoms with E-state index >= 15 is 0 Å². The van der Waals surface area contributed by atoms with Crippen LogP contribution in [0, 0.1) is 0 Å². The number of rotatable bonds is 3. The molecular weight excluding hydrogens is 253 g/mol. The molecule has 0 aromatic carbocycles. The Morgan fingerprint density at radius 2 is 2.46 bits per heavy atom. The smallest absolute Gasteiger partial charge is 0.145 e. The molecule has 1 atom stereocenters. The van der Waals surface area contributed by atoms with Crippen molar-refractivity contribution in [1.29, 1.82) is 0 Å². The molecule has 13 heavy (non-hydrogen) atoms. The maximum atomic E-state index is 5.93. The summed E-state index contributed by atoms with van der Waals surface area (Å²) in [4.78, 5) is 4.12. The Bertz CT molecular complexity index is 293. The lowest BCUT2D eigenvalue weighted by molar-refractivity contribution is 0.798. The van der Waals surface area contributed by atoms with E-state index in [1.54, 1.807) is 12.3 Å². The van der Waals surface area contributed by atoms with E-state index in [1.807, 2.05) is 6.92 Å². The van der Waals surface area contributed by atoms with Crippen molar-refractivity contribution in [2.24, 2.45) is 5.73 Å². The van der Waals surface area contributed by atoms with E-state index < -0.39 is 0 Å². The lowest BCUT2D eigenvalue weighted by Crippen LogP contribution is -2.25. The number of nitrogens with zero attached hydrogens (tertiary/aromatic N) is 1. The highest BCUT2D eigenvalue weighted by Gasteiger charge is 2.04. The molecule has 0 saturated heterocycles. The van der Waals surface area contributed by atoms with Crippen LogP contribution in [0.1, 0.15) is 6.92 Å². The molecule has 0 aliphatic carbocycles. The maximum Gasteiger partial charge on any atom is 0.145 e. The first-order valence-electron chi connectivity index (χ1n) is 3.91. The minimum atomic E-state index is 0.172. The quantitative estimate of drug-likeness (QED) is 0.880. The molecule has 0 aliphatic rings. The van der Waals surface area contributed by atoms with Gasteiger partial charge in [-0.15, -0.1) is 0 Å². The Hall–Kier alpha value is -0.320. The minimum absolute atomic E-state index is 0.172. The summed E-state index contributed by atoms with van der Waals surface area (Å²) in [6, 6.07) is 1.96.